The minimum Gasteiger partial charge on any atom is -0.379 e. The second kappa shape index (κ2) is 3.18. The van der Waals surface area contributed by atoms with Gasteiger partial charge >= 0.3 is 0 Å². The Balaban J connectivity index is 2.23. The molecule has 54 valence electrons. The van der Waals surface area contributed by atoms with E-state index in [0.29, 0.717) is 6.04 Å². The quantitative estimate of drug-likeness (QED) is 0.550. The molecule has 1 saturated heterocycles. The van der Waals surface area contributed by atoms with Crippen molar-refractivity contribution in [3.05, 3.63) is 0 Å². The molecule has 0 radical (unpaired) electrons. The van der Waals surface area contributed by atoms with Crippen molar-refractivity contribution in [3.8, 4) is 0 Å². The zero-order valence-electron chi connectivity index (χ0n) is 5.93. The van der Waals surface area contributed by atoms with Gasteiger partial charge < -0.3 is 5.11 Å². The van der Waals surface area contributed by atoms with Gasteiger partial charge in [0.15, 0.2) is 0 Å². The van der Waals surface area contributed by atoms with Gasteiger partial charge in [0.2, 0.25) is 0 Å². The van der Waals surface area contributed by atoms with Gasteiger partial charge in [-0.25, -0.2) is 0 Å². The SMILES string of the molecule is CCC1CCCC(O)N1. The van der Waals surface area contributed by atoms with E-state index in [2.05, 4.69) is 12.2 Å². The van der Waals surface area contributed by atoms with Gasteiger partial charge in [-0.2, -0.15) is 0 Å². The summed E-state index contributed by atoms with van der Waals surface area (Å²) < 4.78 is 0. The van der Waals surface area contributed by atoms with E-state index in [1.54, 1.807) is 0 Å². The molecule has 9 heavy (non-hydrogen) atoms. The third kappa shape index (κ3) is 1.95. The number of hydrogen-bond acceptors (Lipinski definition) is 2. The van der Waals surface area contributed by atoms with Gasteiger partial charge in [-0.1, -0.05) is 6.92 Å². The van der Waals surface area contributed by atoms with Crippen LogP contribution in [0.25, 0.3) is 0 Å². The van der Waals surface area contributed by atoms with E-state index in [4.69, 9.17) is 5.11 Å². The largest absolute Gasteiger partial charge is 0.379 e. The maximum absolute atomic E-state index is 9.10. The molecular formula is C7H15NO. The van der Waals surface area contributed by atoms with Gasteiger partial charge in [0.1, 0.15) is 6.23 Å². The lowest BCUT2D eigenvalue weighted by Gasteiger charge is -2.26. The van der Waals surface area contributed by atoms with Crippen LogP contribution in [0.15, 0.2) is 0 Å². The molecule has 0 saturated carbocycles. The van der Waals surface area contributed by atoms with Gasteiger partial charge in [-0.3, -0.25) is 5.32 Å². The molecule has 1 aliphatic heterocycles. The fourth-order valence-electron chi connectivity index (χ4n) is 1.32. The highest BCUT2D eigenvalue weighted by Crippen LogP contribution is 2.12. The lowest BCUT2D eigenvalue weighted by molar-refractivity contribution is 0.0844. The van der Waals surface area contributed by atoms with E-state index < -0.39 is 0 Å². The molecule has 0 aromatic rings. The molecule has 1 aliphatic rings. The summed E-state index contributed by atoms with van der Waals surface area (Å²) in [7, 11) is 0. The van der Waals surface area contributed by atoms with Crippen molar-refractivity contribution in [3.63, 3.8) is 0 Å². The summed E-state index contributed by atoms with van der Waals surface area (Å²) >= 11 is 0. The highest BCUT2D eigenvalue weighted by Gasteiger charge is 2.16. The zero-order chi connectivity index (χ0) is 6.69. The number of aliphatic hydroxyl groups excluding tert-OH is 1. The van der Waals surface area contributed by atoms with E-state index >= 15 is 0 Å². The van der Waals surface area contributed by atoms with Crippen LogP contribution in [0, 0.1) is 0 Å². The van der Waals surface area contributed by atoms with Crippen LogP contribution in [-0.2, 0) is 0 Å². The van der Waals surface area contributed by atoms with Gasteiger partial charge in [-0.15, -0.1) is 0 Å². The monoisotopic (exact) mass is 129 g/mol. The standard InChI is InChI=1S/C7H15NO/c1-2-6-4-3-5-7(9)8-6/h6-9H,2-5H2,1H3. The Morgan fingerprint density at radius 1 is 1.56 bits per heavy atom. The first kappa shape index (κ1) is 7.03. The molecule has 0 bridgehead atoms. The molecule has 0 aromatic carbocycles. The van der Waals surface area contributed by atoms with Crippen molar-refractivity contribution >= 4 is 0 Å². The average Bonchev–Trinajstić information content (AvgIpc) is 1.88. The van der Waals surface area contributed by atoms with Crippen LogP contribution in [0.2, 0.25) is 0 Å². The number of rotatable bonds is 1. The normalized spacial score (nSPS) is 36.7. The number of hydrogen-bond donors (Lipinski definition) is 2. The van der Waals surface area contributed by atoms with Gasteiger partial charge in [0.05, 0.1) is 0 Å². The van der Waals surface area contributed by atoms with Crippen LogP contribution >= 0.6 is 0 Å². The second-order valence-electron chi connectivity index (χ2n) is 2.72. The summed E-state index contributed by atoms with van der Waals surface area (Å²) in [5.41, 5.74) is 0. The third-order valence-corrected chi connectivity index (χ3v) is 1.95. The summed E-state index contributed by atoms with van der Waals surface area (Å²) in [6, 6.07) is 0.564. The second-order valence-corrected chi connectivity index (χ2v) is 2.72. The summed E-state index contributed by atoms with van der Waals surface area (Å²) in [4.78, 5) is 0. The molecule has 2 atom stereocenters. The van der Waals surface area contributed by atoms with Crippen molar-refractivity contribution in [2.24, 2.45) is 0 Å². The molecule has 2 heteroatoms. The van der Waals surface area contributed by atoms with Gasteiger partial charge in [0.25, 0.3) is 0 Å². The highest BCUT2D eigenvalue weighted by atomic mass is 16.3. The zero-order valence-corrected chi connectivity index (χ0v) is 5.93. The Morgan fingerprint density at radius 3 is 2.78 bits per heavy atom. The Hall–Kier alpha value is -0.0800. The molecular weight excluding hydrogens is 114 g/mol. The lowest BCUT2D eigenvalue weighted by atomic mass is 10.0. The maximum Gasteiger partial charge on any atom is 0.105 e. The van der Waals surface area contributed by atoms with Crippen LogP contribution in [0.5, 0.6) is 0 Å². The molecule has 1 fully saturated rings. The minimum absolute atomic E-state index is 0.233. The van der Waals surface area contributed by atoms with Crippen molar-refractivity contribution in [1.82, 2.24) is 5.32 Å². The predicted octanol–water partition coefficient (Wildman–Crippen LogP) is 0.857. The van der Waals surface area contributed by atoms with Crippen LogP contribution in [0.1, 0.15) is 32.6 Å². The van der Waals surface area contributed by atoms with E-state index in [-0.39, 0.29) is 6.23 Å². The van der Waals surface area contributed by atoms with E-state index in [9.17, 15) is 0 Å². The van der Waals surface area contributed by atoms with Crippen molar-refractivity contribution in [2.75, 3.05) is 0 Å². The molecule has 0 amide bonds. The fraction of sp³-hybridized carbons (Fsp3) is 1.00. The van der Waals surface area contributed by atoms with Crippen LogP contribution in [-0.4, -0.2) is 17.4 Å². The smallest absolute Gasteiger partial charge is 0.105 e. The lowest BCUT2D eigenvalue weighted by Crippen LogP contribution is -2.41. The molecule has 2 unspecified atom stereocenters. The topological polar surface area (TPSA) is 32.3 Å². The predicted molar refractivity (Wildman–Crippen MR) is 37.1 cm³/mol. The number of aliphatic hydroxyl groups is 1. The van der Waals surface area contributed by atoms with Crippen LogP contribution in [0.3, 0.4) is 0 Å². The van der Waals surface area contributed by atoms with E-state index in [1.807, 2.05) is 0 Å². The molecule has 1 heterocycles. The summed E-state index contributed by atoms with van der Waals surface area (Å²) in [6.07, 6.45) is 4.23. The fourth-order valence-corrected chi connectivity index (χ4v) is 1.32. The maximum atomic E-state index is 9.10. The number of piperidine rings is 1. The summed E-state index contributed by atoms with van der Waals surface area (Å²) in [6.45, 7) is 2.15. The van der Waals surface area contributed by atoms with E-state index in [0.717, 1.165) is 12.8 Å². The van der Waals surface area contributed by atoms with Crippen molar-refractivity contribution in [1.29, 1.82) is 0 Å². The molecule has 0 spiro atoms. The van der Waals surface area contributed by atoms with E-state index in [1.165, 1.54) is 12.8 Å². The first-order chi connectivity index (χ1) is 4.33. The Morgan fingerprint density at radius 2 is 2.33 bits per heavy atom. The minimum atomic E-state index is -0.233. The highest BCUT2D eigenvalue weighted by molar-refractivity contribution is 4.72. The summed E-state index contributed by atoms with van der Waals surface area (Å²) in [5.74, 6) is 0. The Labute approximate surface area is 56.3 Å². The Bertz CT molecular complexity index is 85.0. The first-order valence-electron chi connectivity index (χ1n) is 3.77. The Kier molecular flexibility index (Phi) is 2.49. The van der Waals surface area contributed by atoms with Crippen LogP contribution < -0.4 is 5.32 Å². The van der Waals surface area contributed by atoms with Crippen LogP contribution in [0.4, 0.5) is 0 Å². The molecule has 0 aliphatic carbocycles. The molecule has 0 aromatic heterocycles. The van der Waals surface area contributed by atoms with Crippen molar-refractivity contribution < 1.29 is 5.11 Å². The van der Waals surface area contributed by atoms with Gasteiger partial charge in [-0.05, 0) is 25.7 Å². The molecule has 2 nitrogen and oxygen atoms in total. The molecule has 1 rings (SSSR count). The third-order valence-electron chi connectivity index (χ3n) is 1.95. The number of nitrogens with one attached hydrogen (secondary N) is 1. The van der Waals surface area contributed by atoms with Crippen molar-refractivity contribution in [2.45, 2.75) is 44.9 Å². The summed E-state index contributed by atoms with van der Waals surface area (Å²) in [5, 5.41) is 12.2. The first-order valence-corrected chi connectivity index (χ1v) is 3.77. The molecule has 2 N–H and O–H groups in total. The average molecular weight is 129 g/mol. The van der Waals surface area contributed by atoms with Gasteiger partial charge in [0, 0.05) is 6.04 Å².